The molecule has 3 N–H and O–H groups in total. The lowest BCUT2D eigenvalue weighted by molar-refractivity contribution is -0.118. The maximum Gasteiger partial charge on any atom is 0.251 e. The molecule has 0 saturated heterocycles. The lowest BCUT2D eigenvalue weighted by Crippen LogP contribution is -2.31. The number of carbonyl (C=O) groups excluding carboxylic acids is 1. The molecule has 1 aromatic carbocycles. The number of amides is 1. The Labute approximate surface area is 110 Å². The van der Waals surface area contributed by atoms with Gasteiger partial charge in [-0.2, -0.15) is 0 Å². The number of aromatic nitrogens is 1. The predicted molar refractivity (Wildman–Crippen MR) is 74.9 cm³/mol. The number of nitrogens with zero attached hydrogens (tertiary/aromatic N) is 1. The summed E-state index contributed by atoms with van der Waals surface area (Å²) in [5, 5.41) is 2.75. The summed E-state index contributed by atoms with van der Waals surface area (Å²) in [6.45, 7) is 1.65. The van der Waals surface area contributed by atoms with Crippen LogP contribution in [0.3, 0.4) is 0 Å². The van der Waals surface area contributed by atoms with Crippen molar-refractivity contribution < 1.29 is 4.79 Å². The van der Waals surface area contributed by atoms with E-state index in [2.05, 4.69) is 5.32 Å². The first kappa shape index (κ1) is 12.9. The highest BCUT2D eigenvalue weighted by Gasteiger charge is 2.16. The molecule has 0 radical (unpaired) electrons. The maximum atomic E-state index is 12.1. The van der Waals surface area contributed by atoms with Gasteiger partial charge in [0, 0.05) is 23.6 Å². The first-order valence-corrected chi connectivity index (χ1v) is 5.91. The average molecular weight is 257 g/mol. The molecule has 0 fully saturated rings. The molecular formula is C14H15N3O2. The number of hydrogen-bond donors (Lipinski definition) is 2. The van der Waals surface area contributed by atoms with Gasteiger partial charge >= 0.3 is 0 Å². The smallest absolute Gasteiger partial charge is 0.251 e. The molecule has 0 saturated carbocycles. The lowest BCUT2D eigenvalue weighted by atomic mass is 10.2. The van der Waals surface area contributed by atoms with E-state index in [1.54, 1.807) is 19.1 Å². The van der Waals surface area contributed by atoms with Crippen LogP contribution in [-0.2, 0) is 4.79 Å². The first-order chi connectivity index (χ1) is 9.08. The topological polar surface area (TPSA) is 77.1 Å². The molecule has 0 spiro atoms. The quantitative estimate of drug-likeness (QED) is 0.877. The number of anilines is 2. The van der Waals surface area contributed by atoms with E-state index in [9.17, 15) is 9.59 Å². The van der Waals surface area contributed by atoms with E-state index < -0.39 is 6.04 Å². The van der Waals surface area contributed by atoms with Crippen molar-refractivity contribution in [3.8, 4) is 0 Å². The van der Waals surface area contributed by atoms with Gasteiger partial charge in [0.2, 0.25) is 5.91 Å². The Morgan fingerprint density at radius 3 is 2.58 bits per heavy atom. The van der Waals surface area contributed by atoms with Crippen molar-refractivity contribution in [1.82, 2.24) is 4.57 Å². The third-order valence-electron chi connectivity index (χ3n) is 2.80. The highest BCUT2D eigenvalue weighted by atomic mass is 16.2. The highest BCUT2D eigenvalue weighted by Crippen LogP contribution is 2.11. The zero-order valence-corrected chi connectivity index (χ0v) is 10.5. The van der Waals surface area contributed by atoms with E-state index in [4.69, 9.17) is 5.73 Å². The molecule has 1 heterocycles. The molecule has 98 valence electrons. The van der Waals surface area contributed by atoms with Gasteiger partial charge < -0.3 is 15.6 Å². The van der Waals surface area contributed by atoms with Crippen molar-refractivity contribution in [2.75, 3.05) is 11.1 Å². The average Bonchev–Trinajstić information content (AvgIpc) is 2.42. The van der Waals surface area contributed by atoms with Crippen molar-refractivity contribution >= 4 is 17.3 Å². The van der Waals surface area contributed by atoms with Crippen molar-refractivity contribution in [2.45, 2.75) is 13.0 Å². The number of rotatable bonds is 3. The summed E-state index contributed by atoms with van der Waals surface area (Å²) in [6, 6.07) is 11.3. The number of nitrogen functional groups attached to an aromatic ring is 1. The fourth-order valence-corrected chi connectivity index (χ4v) is 1.72. The number of benzene rings is 1. The van der Waals surface area contributed by atoms with E-state index in [0.717, 1.165) is 0 Å². The van der Waals surface area contributed by atoms with Crippen LogP contribution in [0, 0.1) is 0 Å². The van der Waals surface area contributed by atoms with Crippen LogP contribution >= 0.6 is 0 Å². The number of para-hydroxylation sites is 1. The van der Waals surface area contributed by atoms with Crippen LogP contribution in [0.2, 0.25) is 0 Å². The molecule has 1 atom stereocenters. The SMILES string of the molecule is CC(C(=O)Nc1ccccc1)n1cc(N)ccc1=O. The normalized spacial score (nSPS) is 11.8. The Hall–Kier alpha value is -2.56. The van der Waals surface area contributed by atoms with Crippen LogP contribution in [0.1, 0.15) is 13.0 Å². The van der Waals surface area contributed by atoms with Crippen molar-refractivity contribution in [2.24, 2.45) is 0 Å². The van der Waals surface area contributed by atoms with Gasteiger partial charge in [-0.1, -0.05) is 18.2 Å². The van der Waals surface area contributed by atoms with Gasteiger partial charge in [0.1, 0.15) is 6.04 Å². The Balaban J connectivity index is 2.20. The fraction of sp³-hybridized carbons (Fsp3) is 0.143. The molecule has 19 heavy (non-hydrogen) atoms. The van der Waals surface area contributed by atoms with Gasteiger partial charge in [-0.15, -0.1) is 0 Å². The highest BCUT2D eigenvalue weighted by molar-refractivity contribution is 5.93. The van der Waals surface area contributed by atoms with Crippen molar-refractivity contribution in [1.29, 1.82) is 0 Å². The minimum Gasteiger partial charge on any atom is -0.398 e. The van der Waals surface area contributed by atoms with Crippen LogP contribution < -0.4 is 16.6 Å². The van der Waals surface area contributed by atoms with E-state index >= 15 is 0 Å². The largest absolute Gasteiger partial charge is 0.398 e. The molecule has 1 aromatic heterocycles. The van der Waals surface area contributed by atoms with Crippen molar-refractivity contribution in [3.05, 3.63) is 59.0 Å². The summed E-state index contributed by atoms with van der Waals surface area (Å²) < 4.78 is 1.31. The Morgan fingerprint density at radius 1 is 1.21 bits per heavy atom. The second kappa shape index (κ2) is 5.39. The summed E-state index contributed by atoms with van der Waals surface area (Å²) in [5.74, 6) is -0.265. The Morgan fingerprint density at radius 2 is 1.89 bits per heavy atom. The third-order valence-corrected chi connectivity index (χ3v) is 2.80. The van der Waals surface area contributed by atoms with E-state index in [-0.39, 0.29) is 11.5 Å². The summed E-state index contributed by atoms with van der Waals surface area (Å²) in [7, 11) is 0. The van der Waals surface area contributed by atoms with Gasteiger partial charge in [0.25, 0.3) is 5.56 Å². The van der Waals surface area contributed by atoms with Crippen LogP contribution in [0.15, 0.2) is 53.5 Å². The van der Waals surface area contributed by atoms with Gasteiger partial charge in [0.15, 0.2) is 0 Å². The first-order valence-electron chi connectivity index (χ1n) is 5.91. The summed E-state index contributed by atoms with van der Waals surface area (Å²) in [5.41, 5.74) is 6.50. The fourth-order valence-electron chi connectivity index (χ4n) is 1.72. The minimum atomic E-state index is -0.629. The molecule has 1 unspecified atom stereocenters. The number of hydrogen-bond acceptors (Lipinski definition) is 3. The molecule has 2 rings (SSSR count). The number of pyridine rings is 1. The van der Waals surface area contributed by atoms with Gasteiger partial charge in [-0.3, -0.25) is 9.59 Å². The second-order valence-corrected chi connectivity index (χ2v) is 4.24. The number of nitrogens with one attached hydrogen (secondary N) is 1. The molecule has 1 amide bonds. The van der Waals surface area contributed by atoms with Gasteiger partial charge in [0.05, 0.1) is 0 Å². The van der Waals surface area contributed by atoms with Crippen LogP contribution in [0.4, 0.5) is 11.4 Å². The molecule has 5 nitrogen and oxygen atoms in total. The zero-order chi connectivity index (χ0) is 13.8. The van der Waals surface area contributed by atoms with Crippen LogP contribution in [0.5, 0.6) is 0 Å². The van der Waals surface area contributed by atoms with Gasteiger partial charge in [-0.25, -0.2) is 0 Å². The standard InChI is InChI=1S/C14H15N3O2/c1-10(17-9-11(15)7-8-13(17)18)14(19)16-12-5-3-2-4-6-12/h2-10H,15H2,1H3,(H,16,19). The second-order valence-electron chi connectivity index (χ2n) is 4.24. The minimum absolute atomic E-state index is 0.259. The number of carbonyl (C=O) groups is 1. The van der Waals surface area contributed by atoms with Gasteiger partial charge in [-0.05, 0) is 25.1 Å². The van der Waals surface area contributed by atoms with Crippen molar-refractivity contribution in [3.63, 3.8) is 0 Å². The third kappa shape index (κ3) is 3.01. The molecule has 0 aliphatic carbocycles. The summed E-state index contributed by atoms with van der Waals surface area (Å²) in [4.78, 5) is 23.8. The lowest BCUT2D eigenvalue weighted by Gasteiger charge is -2.15. The molecule has 0 aliphatic heterocycles. The molecule has 2 aromatic rings. The predicted octanol–water partition coefficient (Wildman–Crippen LogP) is 1.63. The number of nitrogens with two attached hydrogens (primary N) is 1. The monoisotopic (exact) mass is 257 g/mol. The Kier molecular flexibility index (Phi) is 3.66. The summed E-state index contributed by atoms with van der Waals surface area (Å²) in [6.07, 6.45) is 1.47. The van der Waals surface area contributed by atoms with E-state index in [0.29, 0.717) is 11.4 Å². The van der Waals surface area contributed by atoms with E-state index in [1.807, 2.05) is 18.2 Å². The van der Waals surface area contributed by atoms with E-state index in [1.165, 1.54) is 22.9 Å². The molecule has 5 heteroatoms. The molecular weight excluding hydrogens is 242 g/mol. The molecule has 0 aliphatic rings. The van der Waals surface area contributed by atoms with Crippen LogP contribution in [-0.4, -0.2) is 10.5 Å². The maximum absolute atomic E-state index is 12.1. The Bertz CT molecular complexity index is 635. The molecule has 0 bridgehead atoms. The zero-order valence-electron chi connectivity index (χ0n) is 10.5. The summed E-state index contributed by atoms with van der Waals surface area (Å²) >= 11 is 0. The van der Waals surface area contributed by atoms with Crippen LogP contribution in [0.25, 0.3) is 0 Å².